The van der Waals surface area contributed by atoms with Gasteiger partial charge in [0.2, 0.25) is 5.91 Å². The van der Waals surface area contributed by atoms with Gasteiger partial charge in [0.1, 0.15) is 0 Å². The molecule has 1 atom stereocenters. The summed E-state index contributed by atoms with van der Waals surface area (Å²) in [6, 6.07) is 9.79. The number of nitrogens with one attached hydrogen (secondary N) is 2. The Hall–Kier alpha value is -1.51. The number of rotatable bonds is 6. The molecule has 0 aliphatic heterocycles. The van der Waals surface area contributed by atoms with Crippen LogP contribution in [0.25, 0.3) is 0 Å². The maximum absolute atomic E-state index is 11.6. The Morgan fingerprint density at radius 2 is 2.06 bits per heavy atom. The summed E-state index contributed by atoms with van der Waals surface area (Å²) in [7, 11) is 0. The molecule has 1 aliphatic rings. The molecule has 0 heterocycles. The Morgan fingerprint density at radius 1 is 1.35 bits per heavy atom. The van der Waals surface area contributed by atoms with Crippen LogP contribution in [0.4, 0.5) is 5.69 Å². The minimum absolute atomic E-state index is 0.0707. The molecule has 0 bridgehead atoms. The molecule has 1 aromatic rings. The molecule has 1 unspecified atom stereocenters. The van der Waals surface area contributed by atoms with Gasteiger partial charge in [-0.25, -0.2) is 0 Å². The van der Waals surface area contributed by atoms with E-state index in [4.69, 9.17) is 0 Å². The molecule has 17 heavy (non-hydrogen) atoms. The van der Waals surface area contributed by atoms with E-state index in [0.717, 1.165) is 18.2 Å². The molecule has 0 radical (unpaired) electrons. The van der Waals surface area contributed by atoms with E-state index in [1.54, 1.807) is 0 Å². The first-order valence-electron chi connectivity index (χ1n) is 6.31. The van der Waals surface area contributed by atoms with Crippen LogP contribution in [0.5, 0.6) is 0 Å². The number of para-hydroxylation sites is 1. The Balaban J connectivity index is 1.63. The molecular weight excluding hydrogens is 212 g/mol. The van der Waals surface area contributed by atoms with Crippen LogP contribution in [0.2, 0.25) is 0 Å². The number of carbonyl (C=O) groups is 1. The standard InChI is InChI=1S/C14H20N2O/c1-11(12-7-8-12)9-16-14(17)10-15-13-5-3-2-4-6-13/h2-6,11-12,15H,7-10H2,1H3,(H,16,17). The van der Waals surface area contributed by atoms with E-state index < -0.39 is 0 Å². The average Bonchev–Trinajstić information content (AvgIpc) is 3.19. The van der Waals surface area contributed by atoms with Crippen molar-refractivity contribution in [3.05, 3.63) is 30.3 Å². The highest BCUT2D eigenvalue weighted by atomic mass is 16.1. The zero-order chi connectivity index (χ0) is 12.1. The topological polar surface area (TPSA) is 41.1 Å². The van der Waals surface area contributed by atoms with Crippen molar-refractivity contribution in [2.45, 2.75) is 19.8 Å². The van der Waals surface area contributed by atoms with Crippen LogP contribution in [0.1, 0.15) is 19.8 Å². The first-order chi connectivity index (χ1) is 8.25. The van der Waals surface area contributed by atoms with Gasteiger partial charge < -0.3 is 10.6 Å². The van der Waals surface area contributed by atoms with Crippen molar-refractivity contribution in [1.29, 1.82) is 0 Å². The smallest absolute Gasteiger partial charge is 0.239 e. The maximum atomic E-state index is 11.6. The second-order valence-corrected chi connectivity index (χ2v) is 4.84. The van der Waals surface area contributed by atoms with Gasteiger partial charge in [0.05, 0.1) is 6.54 Å². The van der Waals surface area contributed by atoms with E-state index in [0.29, 0.717) is 12.5 Å². The molecule has 0 spiro atoms. The van der Waals surface area contributed by atoms with Crippen molar-refractivity contribution in [3.63, 3.8) is 0 Å². The molecule has 2 N–H and O–H groups in total. The van der Waals surface area contributed by atoms with Gasteiger partial charge in [-0.2, -0.15) is 0 Å². The largest absolute Gasteiger partial charge is 0.376 e. The van der Waals surface area contributed by atoms with Crippen LogP contribution < -0.4 is 10.6 Å². The molecular formula is C14H20N2O. The number of hydrogen-bond donors (Lipinski definition) is 2. The van der Waals surface area contributed by atoms with Gasteiger partial charge in [-0.15, -0.1) is 0 Å². The highest BCUT2D eigenvalue weighted by molar-refractivity contribution is 5.80. The lowest BCUT2D eigenvalue weighted by molar-refractivity contribution is -0.119. The summed E-state index contributed by atoms with van der Waals surface area (Å²) in [5.41, 5.74) is 0.984. The molecule has 92 valence electrons. The predicted molar refractivity (Wildman–Crippen MR) is 69.8 cm³/mol. The van der Waals surface area contributed by atoms with E-state index in [2.05, 4.69) is 17.6 Å². The van der Waals surface area contributed by atoms with Crippen LogP contribution in [0.3, 0.4) is 0 Å². The summed E-state index contributed by atoms with van der Waals surface area (Å²) in [5, 5.41) is 6.07. The van der Waals surface area contributed by atoms with Gasteiger partial charge >= 0.3 is 0 Å². The highest BCUT2D eigenvalue weighted by Gasteiger charge is 2.27. The monoisotopic (exact) mass is 232 g/mol. The Kier molecular flexibility index (Phi) is 4.02. The fraction of sp³-hybridized carbons (Fsp3) is 0.500. The van der Waals surface area contributed by atoms with Crippen molar-refractivity contribution >= 4 is 11.6 Å². The third-order valence-electron chi connectivity index (χ3n) is 3.27. The summed E-state index contributed by atoms with van der Waals surface area (Å²) >= 11 is 0. The molecule has 1 aliphatic carbocycles. The van der Waals surface area contributed by atoms with Gasteiger partial charge in [0.15, 0.2) is 0 Å². The summed E-state index contributed by atoms with van der Waals surface area (Å²) in [6.07, 6.45) is 2.67. The van der Waals surface area contributed by atoms with Crippen LogP contribution in [-0.2, 0) is 4.79 Å². The van der Waals surface area contributed by atoms with Crippen molar-refractivity contribution < 1.29 is 4.79 Å². The first-order valence-corrected chi connectivity index (χ1v) is 6.31. The fourth-order valence-corrected chi connectivity index (χ4v) is 1.91. The number of anilines is 1. The molecule has 1 fully saturated rings. The van der Waals surface area contributed by atoms with Crippen LogP contribution in [-0.4, -0.2) is 19.0 Å². The van der Waals surface area contributed by atoms with Gasteiger partial charge in [0, 0.05) is 12.2 Å². The Bertz CT molecular complexity index is 360. The number of benzene rings is 1. The Labute approximate surface area is 103 Å². The zero-order valence-corrected chi connectivity index (χ0v) is 10.3. The summed E-state index contributed by atoms with van der Waals surface area (Å²) < 4.78 is 0. The molecule has 1 amide bonds. The van der Waals surface area contributed by atoms with Gasteiger partial charge in [0.25, 0.3) is 0 Å². The van der Waals surface area contributed by atoms with Gasteiger partial charge in [-0.05, 0) is 36.8 Å². The van der Waals surface area contributed by atoms with Crippen molar-refractivity contribution in [1.82, 2.24) is 5.32 Å². The van der Waals surface area contributed by atoms with E-state index in [1.165, 1.54) is 12.8 Å². The third kappa shape index (κ3) is 4.10. The lowest BCUT2D eigenvalue weighted by Gasteiger charge is -2.12. The normalized spacial score (nSPS) is 16.3. The molecule has 2 rings (SSSR count). The van der Waals surface area contributed by atoms with Crippen molar-refractivity contribution in [3.8, 4) is 0 Å². The lowest BCUT2D eigenvalue weighted by Crippen LogP contribution is -2.33. The van der Waals surface area contributed by atoms with Gasteiger partial charge in [-0.3, -0.25) is 4.79 Å². The van der Waals surface area contributed by atoms with E-state index in [-0.39, 0.29) is 5.91 Å². The average molecular weight is 232 g/mol. The molecule has 0 aromatic heterocycles. The van der Waals surface area contributed by atoms with Crippen molar-refractivity contribution in [2.24, 2.45) is 11.8 Å². The number of amides is 1. The first kappa shape index (κ1) is 12.0. The van der Waals surface area contributed by atoms with E-state index in [1.807, 2.05) is 30.3 Å². The van der Waals surface area contributed by atoms with Crippen LogP contribution in [0.15, 0.2) is 30.3 Å². The maximum Gasteiger partial charge on any atom is 0.239 e. The minimum atomic E-state index is 0.0707. The van der Waals surface area contributed by atoms with Crippen molar-refractivity contribution in [2.75, 3.05) is 18.4 Å². The third-order valence-corrected chi connectivity index (χ3v) is 3.27. The number of carbonyl (C=O) groups excluding carboxylic acids is 1. The summed E-state index contributed by atoms with van der Waals surface area (Å²) in [6.45, 7) is 3.37. The lowest BCUT2D eigenvalue weighted by atomic mass is 10.1. The Morgan fingerprint density at radius 3 is 2.71 bits per heavy atom. The SMILES string of the molecule is CC(CNC(=O)CNc1ccccc1)C1CC1. The van der Waals surface area contributed by atoms with Crippen LogP contribution >= 0.6 is 0 Å². The second-order valence-electron chi connectivity index (χ2n) is 4.84. The predicted octanol–water partition coefficient (Wildman–Crippen LogP) is 2.26. The minimum Gasteiger partial charge on any atom is -0.376 e. The fourth-order valence-electron chi connectivity index (χ4n) is 1.91. The highest BCUT2D eigenvalue weighted by Crippen LogP contribution is 2.35. The molecule has 1 aromatic carbocycles. The van der Waals surface area contributed by atoms with Gasteiger partial charge in [-0.1, -0.05) is 25.1 Å². The molecule has 3 heteroatoms. The second kappa shape index (κ2) is 5.71. The number of hydrogen-bond acceptors (Lipinski definition) is 2. The zero-order valence-electron chi connectivity index (χ0n) is 10.3. The molecule has 3 nitrogen and oxygen atoms in total. The van der Waals surface area contributed by atoms with Crippen LogP contribution in [0, 0.1) is 11.8 Å². The summed E-state index contributed by atoms with van der Waals surface area (Å²) in [4.78, 5) is 11.6. The quantitative estimate of drug-likeness (QED) is 0.790. The molecule has 1 saturated carbocycles. The van der Waals surface area contributed by atoms with E-state index in [9.17, 15) is 4.79 Å². The summed E-state index contributed by atoms with van der Waals surface area (Å²) in [5.74, 6) is 1.54. The molecule has 0 saturated heterocycles. The van der Waals surface area contributed by atoms with E-state index >= 15 is 0 Å².